The highest BCUT2D eigenvalue weighted by Gasteiger charge is 2.32. The van der Waals surface area contributed by atoms with Crippen molar-refractivity contribution in [3.8, 4) is 22.4 Å². The smallest absolute Gasteiger partial charge is 0.173 e. The Morgan fingerprint density at radius 2 is 1.30 bits per heavy atom. The Balaban J connectivity index is 1.27. The predicted molar refractivity (Wildman–Crippen MR) is 205 cm³/mol. The molecular formula is C42H30NOPS2. The molecule has 0 atom stereocenters. The van der Waals surface area contributed by atoms with E-state index < -0.39 is 7.14 Å². The van der Waals surface area contributed by atoms with Gasteiger partial charge in [0.25, 0.3) is 0 Å². The van der Waals surface area contributed by atoms with Crippen LogP contribution >= 0.6 is 30.2 Å². The molecule has 7 aromatic rings. The van der Waals surface area contributed by atoms with Crippen LogP contribution < -0.4 is 15.9 Å². The van der Waals surface area contributed by atoms with Crippen molar-refractivity contribution < 1.29 is 4.57 Å². The van der Waals surface area contributed by atoms with Crippen LogP contribution in [0.4, 0.5) is 0 Å². The number of allylic oxidation sites excluding steroid dienone is 4. The van der Waals surface area contributed by atoms with Crippen LogP contribution in [0.2, 0.25) is 0 Å². The van der Waals surface area contributed by atoms with Crippen molar-refractivity contribution in [1.29, 1.82) is 0 Å². The molecule has 8 rings (SSSR count). The summed E-state index contributed by atoms with van der Waals surface area (Å²) in [4.78, 5) is 6.13. The van der Waals surface area contributed by atoms with Crippen molar-refractivity contribution in [2.75, 3.05) is 5.75 Å². The molecule has 0 saturated heterocycles. The van der Waals surface area contributed by atoms with E-state index in [9.17, 15) is 0 Å². The summed E-state index contributed by atoms with van der Waals surface area (Å²) in [5, 5.41) is 4.72. The SMILES string of the molecule is C=C1/C=C\C=C/CSc2ccc(-c3ccc4sc5ccc(-c6ncccc6P(=O)(c6ccccc6)c6ccccc6)cc5c4c3)cc21. The van der Waals surface area contributed by atoms with E-state index in [0.717, 1.165) is 38.5 Å². The summed E-state index contributed by atoms with van der Waals surface area (Å²) in [6.45, 7) is 4.36. The Morgan fingerprint density at radius 1 is 0.660 bits per heavy atom. The quantitative estimate of drug-likeness (QED) is 0.172. The van der Waals surface area contributed by atoms with Gasteiger partial charge < -0.3 is 4.57 Å². The van der Waals surface area contributed by atoms with Crippen LogP contribution in [-0.2, 0) is 4.57 Å². The van der Waals surface area contributed by atoms with Gasteiger partial charge in [-0.05, 0) is 70.8 Å². The van der Waals surface area contributed by atoms with Crippen LogP contribution in [0.5, 0.6) is 0 Å². The maximum absolute atomic E-state index is 15.4. The molecular weight excluding hydrogens is 630 g/mol. The van der Waals surface area contributed by atoms with Gasteiger partial charge in [0, 0.05) is 58.5 Å². The largest absolute Gasteiger partial charge is 0.309 e. The molecule has 0 bridgehead atoms. The van der Waals surface area contributed by atoms with E-state index in [0.29, 0.717) is 0 Å². The second kappa shape index (κ2) is 12.5. The third-order valence-electron chi connectivity index (χ3n) is 8.65. The van der Waals surface area contributed by atoms with Crippen molar-refractivity contribution in [3.63, 3.8) is 0 Å². The molecule has 0 radical (unpaired) electrons. The van der Waals surface area contributed by atoms with Crippen molar-refractivity contribution >= 4 is 71.9 Å². The first-order valence-corrected chi connectivity index (χ1v) is 19.0. The third kappa shape index (κ3) is 5.43. The number of pyridine rings is 1. The summed E-state index contributed by atoms with van der Waals surface area (Å²) in [5.74, 6) is 0.934. The molecule has 0 spiro atoms. The second-order valence-electron chi connectivity index (χ2n) is 11.5. The minimum Gasteiger partial charge on any atom is -0.309 e. The normalized spacial score (nSPS) is 14.7. The summed E-state index contributed by atoms with van der Waals surface area (Å²) in [7, 11) is -3.22. The minimum absolute atomic E-state index is 0.746. The van der Waals surface area contributed by atoms with E-state index in [1.165, 1.54) is 41.8 Å². The summed E-state index contributed by atoms with van der Waals surface area (Å²) < 4.78 is 17.8. The van der Waals surface area contributed by atoms with Gasteiger partial charge in [0.15, 0.2) is 7.14 Å². The molecule has 3 heterocycles. The van der Waals surface area contributed by atoms with Crippen LogP contribution in [0.1, 0.15) is 5.56 Å². The summed E-state index contributed by atoms with van der Waals surface area (Å²) >= 11 is 3.63. The molecule has 2 aromatic heterocycles. The number of nitrogens with zero attached hydrogens (tertiary/aromatic N) is 1. The van der Waals surface area contributed by atoms with Gasteiger partial charge in [0.05, 0.1) is 5.69 Å². The zero-order chi connectivity index (χ0) is 31.8. The van der Waals surface area contributed by atoms with Crippen molar-refractivity contribution in [3.05, 3.63) is 170 Å². The maximum atomic E-state index is 15.4. The summed E-state index contributed by atoms with van der Waals surface area (Å²) in [6.07, 6.45) is 10.2. The van der Waals surface area contributed by atoms with E-state index in [1.807, 2.05) is 84.6 Å². The Kier molecular flexibility index (Phi) is 7.87. The van der Waals surface area contributed by atoms with Gasteiger partial charge in [0.2, 0.25) is 0 Å². The summed E-state index contributed by atoms with van der Waals surface area (Å²) in [6, 6.07) is 43.5. The van der Waals surface area contributed by atoms with E-state index in [1.54, 1.807) is 17.5 Å². The lowest BCUT2D eigenvalue weighted by Gasteiger charge is -2.22. The van der Waals surface area contributed by atoms with Crippen LogP contribution in [0.15, 0.2) is 169 Å². The molecule has 0 saturated carbocycles. The highest BCUT2D eigenvalue weighted by molar-refractivity contribution is 7.99. The number of thioether (sulfide) groups is 1. The number of benzene rings is 5. The molecule has 5 aromatic carbocycles. The molecule has 0 unspecified atom stereocenters. The molecule has 5 heteroatoms. The number of fused-ring (bicyclic) bond motifs is 4. The molecule has 0 amide bonds. The average Bonchev–Trinajstić information content (AvgIpc) is 3.53. The van der Waals surface area contributed by atoms with Gasteiger partial charge in [-0.2, -0.15) is 0 Å². The third-order valence-corrected chi connectivity index (χ3v) is 13.9. The molecule has 0 aliphatic carbocycles. The number of thiophene rings is 1. The van der Waals surface area contributed by atoms with Gasteiger partial charge in [-0.25, -0.2) is 0 Å². The van der Waals surface area contributed by atoms with Crippen LogP contribution in [-0.4, -0.2) is 10.7 Å². The lowest BCUT2D eigenvalue weighted by atomic mass is 9.98. The lowest BCUT2D eigenvalue weighted by Crippen LogP contribution is -2.26. The molecule has 47 heavy (non-hydrogen) atoms. The van der Waals surface area contributed by atoms with E-state index in [2.05, 4.69) is 85.5 Å². The molecule has 0 N–H and O–H groups in total. The summed E-state index contributed by atoms with van der Waals surface area (Å²) in [5.41, 5.74) is 6.23. The Hall–Kier alpha value is -4.73. The van der Waals surface area contributed by atoms with Crippen LogP contribution in [0.25, 0.3) is 48.1 Å². The minimum atomic E-state index is -3.22. The van der Waals surface area contributed by atoms with E-state index in [4.69, 9.17) is 4.98 Å². The highest BCUT2D eigenvalue weighted by Crippen LogP contribution is 2.46. The lowest BCUT2D eigenvalue weighted by molar-refractivity contribution is 0.592. The molecule has 226 valence electrons. The van der Waals surface area contributed by atoms with Crippen LogP contribution in [0.3, 0.4) is 0 Å². The Labute approximate surface area is 283 Å². The van der Waals surface area contributed by atoms with E-state index in [-0.39, 0.29) is 0 Å². The van der Waals surface area contributed by atoms with Gasteiger partial charge in [0.1, 0.15) is 0 Å². The van der Waals surface area contributed by atoms with Gasteiger partial charge >= 0.3 is 0 Å². The van der Waals surface area contributed by atoms with Gasteiger partial charge in [-0.15, -0.1) is 23.1 Å². The van der Waals surface area contributed by atoms with Crippen LogP contribution in [0, 0.1) is 0 Å². The molecule has 0 fully saturated rings. The first-order chi connectivity index (χ1) is 23.1. The fourth-order valence-electron chi connectivity index (χ4n) is 6.30. The fourth-order valence-corrected chi connectivity index (χ4v) is 11.1. The topological polar surface area (TPSA) is 30.0 Å². The zero-order valence-electron chi connectivity index (χ0n) is 25.5. The van der Waals surface area contributed by atoms with Gasteiger partial charge in [-0.1, -0.05) is 110 Å². The van der Waals surface area contributed by atoms with Crippen molar-refractivity contribution in [2.24, 2.45) is 0 Å². The standard InChI is InChI=1S/C42H30NOPS2/c1-29-12-5-4-10-25-46-39-21-18-30(26-35(29)39)31-19-22-40-36(27-31)37-28-32(20-23-41(37)47-40)42-38(17-11-24-43-42)45(44,33-13-6-2-7-14-33)34-15-8-3-9-16-34/h2-24,26-28H,1,25H2/b10-4-,12-5-. The molecule has 1 aliphatic heterocycles. The monoisotopic (exact) mass is 659 g/mol. The zero-order valence-corrected chi connectivity index (χ0v) is 28.1. The maximum Gasteiger partial charge on any atom is 0.173 e. The molecule has 1 aliphatic rings. The Morgan fingerprint density at radius 3 is 2.02 bits per heavy atom. The number of rotatable bonds is 5. The first kappa shape index (κ1) is 29.7. The Bertz CT molecular complexity index is 2360. The van der Waals surface area contributed by atoms with Gasteiger partial charge in [-0.3, -0.25) is 4.98 Å². The number of hydrogen-bond acceptors (Lipinski definition) is 4. The predicted octanol–water partition coefficient (Wildman–Crippen LogP) is 10.7. The average molecular weight is 660 g/mol. The number of aromatic nitrogens is 1. The van der Waals surface area contributed by atoms with Crippen molar-refractivity contribution in [2.45, 2.75) is 4.90 Å². The van der Waals surface area contributed by atoms with Crippen molar-refractivity contribution in [1.82, 2.24) is 4.98 Å². The van der Waals surface area contributed by atoms with E-state index >= 15 is 4.57 Å². The number of hydrogen-bond donors (Lipinski definition) is 0. The molecule has 2 nitrogen and oxygen atoms in total. The first-order valence-electron chi connectivity index (χ1n) is 15.5. The highest BCUT2D eigenvalue weighted by atomic mass is 32.2. The second-order valence-corrected chi connectivity index (χ2v) is 16.4. The fraction of sp³-hybridized carbons (Fsp3) is 0.0238.